The largest absolute Gasteiger partial charge is 0.394 e. The molecule has 1 fully saturated rings. The molecule has 0 spiro atoms. The van der Waals surface area contributed by atoms with Crippen LogP contribution < -0.4 is 5.32 Å². The summed E-state index contributed by atoms with van der Waals surface area (Å²) >= 11 is 3.39. The van der Waals surface area contributed by atoms with Crippen molar-refractivity contribution >= 4 is 22.0 Å². The molecule has 2 N–H and O–H groups in total. The van der Waals surface area contributed by atoms with Crippen LogP contribution in [-0.4, -0.2) is 48.4 Å². The average molecular weight is 343 g/mol. The molecule has 1 saturated heterocycles. The maximum absolute atomic E-state index is 12.2. The van der Waals surface area contributed by atoms with Crippen molar-refractivity contribution in [2.75, 3.05) is 26.3 Å². The number of halogens is 1. The summed E-state index contributed by atoms with van der Waals surface area (Å²) in [5.74, 6) is 0. The molecule has 1 aliphatic rings. The van der Waals surface area contributed by atoms with E-state index in [0.717, 1.165) is 10.0 Å². The van der Waals surface area contributed by atoms with Gasteiger partial charge in [0.05, 0.1) is 31.9 Å². The van der Waals surface area contributed by atoms with Crippen molar-refractivity contribution in [3.63, 3.8) is 0 Å². The van der Waals surface area contributed by atoms with Gasteiger partial charge < -0.3 is 20.1 Å². The van der Waals surface area contributed by atoms with Crippen molar-refractivity contribution in [1.29, 1.82) is 0 Å². The number of carbonyl (C=O) groups excluding carboxylic acids is 1. The third kappa shape index (κ3) is 3.94. The molecule has 1 aromatic rings. The van der Waals surface area contributed by atoms with Crippen LogP contribution in [0.15, 0.2) is 28.7 Å². The summed E-state index contributed by atoms with van der Waals surface area (Å²) in [4.78, 5) is 13.9. The summed E-state index contributed by atoms with van der Waals surface area (Å²) in [6, 6.07) is 7.67. The number of hydrogen-bond donors (Lipinski definition) is 2. The third-order valence-electron chi connectivity index (χ3n) is 3.34. The fraction of sp³-hybridized carbons (Fsp3) is 0.500. The Morgan fingerprint density at radius 2 is 2.25 bits per heavy atom. The first kappa shape index (κ1) is 15.3. The number of nitrogens with zero attached hydrogens (tertiary/aromatic N) is 1. The predicted octanol–water partition coefficient (Wildman–Crippen LogP) is 1.91. The summed E-state index contributed by atoms with van der Waals surface area (Å²) in [5.41, 5.74) is 1.05. The number of morpholine rings is 1. The molecule has 0 bridgehead atoms. The highest BCUT2D eigenvalue weighted by atomic mass is 79.9. The molecule has 0 aliphatic carbocycles. The van der Waals surface area contributed by atoms with Crippen molar-refractivity contribution in [3.05, 3.63) is 34.3 Å². The molecule has 0 saturated carbocycles. The van der Waals surface area contributed by atoms with Crippen molar-refractivity contribution in [3.8, 4) is 0 Å². The highest BCUT2D eigenvalue weighted by molar-refractivity contribution is 9.10. The lowest BCUT2D eigenvalue weighted by molar-refractivity contribution is -0.0404. The maximum Gasteiger partial charge on any atom is 0.318 e. The van der Waals surface area contributed by atoms with Gasteiger partial charge in [-0.3, -0.25) is 0 Å². The van der Waals surface area contributed by atoms with Gasteiger partial charge in [-0.1, -0.05) is 28.1 Å². The highest BCUT2D eigenvalue weighted by Crippen LogP contribution is 2.17. The van der Waals surface area contributed by atoms with E-state index < -0.39 is 0 Å². The molecule has 5 nitrogen and oxygen atoms in total. The minimum Gasteiger partial charge on any atom is -0.394 e. The number of benzene rings is 1. The summed E-state index contributed by atoms with van der Waals surface area (Å²) in [7, 11) is 0. The zero-order valence-corrected chi connectivity index (χ0v) is 13.0. The molecule has 2 rings (SSSR count). The number of ether oxygens (including phenoxy) is 1. The molecule has 1 heterocycles. The molecule has 2 amide bonds. The Bertz CT molecular complexity index is 452. The number of amides is 2. The Kier molecular flexibility index (Phi) is 5.39. The van der Waals surface area contributed by atoms with Crippen LogP contribution in [0.2, 0.25) is 0 Å². The SMILES string of the molecule is C[C@H](NC(=O)N1CCO[C@@H](CO)C1)c1ccc(Br)cc1. The van der Waals surface area contributed by atoms with Crippen molar-refractivity contribution < 1.29 is 14.6 Å². The molecule has 0 aromatic heterocycles. The van der Waals surface area contributed by atoms with Crippen LogP contribution in [0.3, 0.4) is 0 Å². The molecule has 6 heteroatoms. The van der Waals surface area contributed by atoms with Crippen molar-refractivity contribution in [2.24, 2.45) is 0 Å². The Morgan fingerprint density at radius 3 is 2.90 bits per heavy atom. The maximum atomic E-state index is 12.2. The minimum atomic E-state index is -0.280. The van der Waals surface area contributed by atoms with Crippen LogP contribution in [0.1, 0.15) is 18.5 Å². The van der Waals surface area contributed by atoms with Crippen molar-refractivity contribution in [1.82, 2.24) is 10.2 Å². The van der Waals surface area contributed by atoms with E-state index in [1.54, 1.807) is 4.90 Å². The Hall–Kier alpha value is -1.11. The van der Waals surface area contributed by atoms with Crippen LogP contribution in [0.5, 0.6) is 0 Å². The topological polar surface area (TPSA) is 61.8 Å². The second-order valence-electron chi connectivity index (χ2n) is 4.84. The van der Waals surface area contributed by atoms with E-state index in [2.05, 4.69) is 21.2 Å². The van der Waals surface area contributed by atoms with Crippen LogP contribution in [0, 0.1) is 0 Å². The van der Waals surface area contributed by atoms with E-state index in [-0.39, 0.29) is 24.8 Å². The number of rotatable bonds is 3. The second-order valence-corrected chi connectivity index (χ2v) is 5.76. The first-order valence-corrected chi connectivity index (χ1v) is 7.43. The Labute approximate surface area is 127 Å². The molecular formula is C14H19BrN2O3. The second kappa shape index (κ2) is 7.06. The van der Waals surface area contributed by atoms with E-state index in [4.69, 9.17) is 9.84 Å². The van der Waals surface area contributed by atoms with Crippen LogP contribution >= 0.6 is 15.9 Å². The number of urea groups is 1. The zero-order chi connectivity index (χ0) is 14.5. The van der Waals surface area contributed by atoms with Gasteiger partial charge in [-0.05, 0) is 24.6 Å². The molecule has 1 aromatic carbocycles. The van der Waals surface area contributed by atoms with E-state index in [0.29, 0.717) is 19.7 Å². The monoisotopic (exact) mass is 342 g/mol. The molecular weight excluding hydrogens is 324 g/mol. The summed E-state index contributed by atoms with van der Waals surface area (Å²) in [6.07, 6.45) is -0.280. The van der Waals surface area contributed by atoms with E-state index in [9.17, 15) is 4.79 Å². The highest BCUT2D eigenvalue weighted by Gasteiger charge is 2.24. The Morgan fingerprint density at radius 1 is 1.55 bits per heavy atom. The van der Waals surface area contributed by atoms with E-state index in [1.807, 2.05) is 31.2 Å². The lowest BCUT2D eigenvalue weighted by atomic mass is 10.1. The van der Waals surface area contributed by atoms with Crippen LogP contribution in [0.25, 0.3) is 0 Å². The van der Waals surface area contributed by atoms with Gasteiger partial charge in [-0.15, -0.1) is 0 Å². The minimum absolute atomic E-state index is 0.0634. The summed E-state index contributed by atoms with van der Waals surface area (Å²) < 4.78 is 6.35. The summed E-state index contributed by atoms with van der Waals surface area (Å²) in [5, 5.41) is 12.1. The first-order valence-electron chi connectivity index (χ1n) is 6.63. The molecule has 110 valence electrons. The molecule has 1 aliphatic heterocycles. The van der Waals surface area contributed by atoms with Crippen LogP contribution in [-0.2, 0) is 4.74 Å². The van der Waals surface area contributed by atoms with Crippen molar-refractivity contribution in [2.45, 2.75) is 19.1 Å². The first-order chi connectivity index (χ1) is 9.60. The number of aliphatic hydroxyl groups excluding tert-OH is 1. The number of nitrogens with one attached hydrogen (secondary N) is 1. The van der Waals surface area contributed by atoms with E-state index in [1.165, 1.54) is 0 Å². The molecule has 0 radical (unpaired) electrons. The normalized spacial score (nSPS) is 20.6. The van der Waals surface area contributed by atoms with Gasteiger partial charge in [0.15, 0.2) is 0 Å². The number of aliphatic hydroxyl groups is 1. The van der Waals surface area contributed by atoms with Gasteiger partial charge in [-0.2, -0.15) is 0 Å². The fourth-order valence-electron chi connectivity index (χ4n) is 2.13. The Balaban J connectivity index is 1.91. The van der Waals surface area contributed by atoms with Gasteiger partial charge in [0.2, 0.25) is 0 Å². The van der Waals surface area contributed by atoms with Gasteiger partial charge in [0.25, 0.3) is 0 Å². The summed E-state index contributed by atoms with van der Waals surface area (Å²) in [6.45, 7) is 3.33. The lowest BCUT2D eigenvalue weighted by Gasteiger charge is -2.33. The van der Waals surface area contributed by atoms with Gasteiger partial charge in [0, 0.05) is 11.0 Å². The fourth-order valence-corrected chi connectivity index (χ4v) is 2.39. The van der Waals surface area contributed by atoms with Crippen LogP contribution in [0.4, 0.5) is 4.79 Å². The molecule has 0 unspecified atom stereocenters. The lowest BCUT2D eigenvalue weighted by Crippen LogP contribution is -2.50. The van der Waals surface area contributed by atoms with Gasteiger partial charge in [0.1, 0.15) is 0 Å². The van der Waals surface area contributed by atoms with Gasteiger partial charge in [-0.25, -0.2) is 4.79 Å². The number of carbonyl (C=O) groups is 1. The average Bonchev–Trinajstić information content (AvgIpc) is 2.47. The third-order valence-corrected chi connectivity index (χ3v) is 3.87. The number of hydrogen-bond acceptors (Lipinski definition) is 3. The zero-order valence-electron chi connectivity index (χ0n) is 11.4. The van der Waals surface area contributed by atoms with E-state index >= 15 is 0 Å². The molecule has 2 atom stereocenters. The molecule has 20 heavy (non-hydrogen) atoms. The predicted molar refractivity (Wildman–Crippen MR) is 79.5 cm³/mol. The van der Waals surface area contributed by atoms with Gasteiger partial charge >= 0.3 is 6.03 Å². The quantitative estimate of drug-likeness (QED) is 0.881. The smallest absolute Gasteiger partial charge is 0.318 e. The standard InChI is InChI=1S/C14H19BrN2O3/c1-10(11-2-4-12(15)5-3-11)16-14(19)17-6-7-20-13(8-17)9-18/h2-5,10,13,18H,6-9H2,1H3,(H,16,19)/t10-,13+/m0/s1.